The maximum Gasteiger partial charge on any atom is 0.326 e. The highest BCUT2D eigenvalue weighted by Crippen LogP contribution is 2.31. The van der Waals surface area contributed by atoms with Crippen molar-refractivity contribution in [2.24, 2.45) is 11.8 Å². The summed E-state index contributed by atoms with van der Waals surface area (Å²) in [5.74, 6) is -2.68. The first kappa shape index (κ1) is 16.2. The molecule has 1 aliphatic heterocycles. The van der Waals surface area contributed by atoms with Crippen LogP contribution in [0.5, 0.6) is 0 Å². The fraction of sp³-hybridized carbons (Fsp3) is 0.471. The molecule has 0 aliphatic carbocycles. The summed E-state index contributed by atoms with van der Waals surface area (Å²) >= 11 is 0. The van der Waals surface area contributed by atoms with Gasteiger partial charge in [-0.05, 0) is 31.4 Å². The molecule has 1 atom stereocenters. The molecule has 1 aromatic rings. The number of anilines is 1. The standard InChI is InChI=1S/C17H21NO4/c1-4-22-17(21)14-15(19)12-7-5-6-8-13(12)18(16(14)20)10-9-11(2)3/h5-8,11,14H,4,9-10H2,1-3H3. The smallest absolute Gasteiger partial charge is 0.326 e. The number of esters is 1. The van der Waals surface area contributed by atoms with E-state index in [1.807, 2.05) is 0 Å². The van der Waals surface area contributed by atoms with Gasteiger partial charge in [0.1, 0.15) is 0 Å². The van der Waals surface area contributed by atoms with Crippen LogP contribution in [0.3, 0.4) is 0 Å². The summed E-state index contributed by atoms with van der Waals surface area (Å²) in [5.41, 5.74) is 0.989. The molecule has 0 aromatic heterocycles. The molecule has 0 N–H and O–H groups in total. The van der Waals surface area contributed by atoms with E-state index in [1.165, 1.54) is 4.90 Å². The molecule has 1 aliphatic rings. The van der Waals surface area contributed by atoms with Gasteiger partial charge >= 0.3 is 5.97 Å². The predicted molar refractivity (Wildman–Crippen MR) is 82.7 cm³/mol. The molecule has 5 heteroatoms. The Morgan fingerprint density at radius 2 is 1.95 bits per heavy atom. The maximum atomic E-state index is 12.6. The van der Waals surface area contributed by atoms with E-state index in [0.29, 0.717) is 23.7 Å². The van der Waals surface area contributed by atoms with Gasteiger partial charge < -0.3 is 9.64 Å². The Balaban J connectivity index is 2.40. The fourth-order valence-corrected chi connectivity index (χ4v) is 2.51. The van der Waals surface area contributed by atoms with E-state index in [1.54, 1.807) is 31.2 Å². The largest absolute Gasteiger partial charge is 0.465 e. The Morgan fingerprint density at radius 3 is 2.59 bits per heavy atom. The van der Waals surface area contributed by atoms with E-state index in [4.69, 9.17) is 4.74 Å². The number of fused-ring (bicyclic) bond motifs is 1. The van der Waals surface area contributed by atoms with Crippen molar-refractivity contribution in [1.29, 1.82) is 0 Å². The SMILES string of the molecule is CCOC(=O)C1C(=O)c2ccccc2N(CCC(C)C)C1=O. The van der Waals surface area contributed by atoms with E-state index >= 15 is 0 Å². The minimum absolute atomic E-state index is 0.142. The van der Waals surface area contributed by atoms with Crippen LogP contribution < -0.4 is 4.90 Å². The molecule has 0 fully saturated rings. The van der Waals surface area contributed by atoms with Crippen molar-refractivity contribution in [2.75, 3.05) is 18.1 Å². The molecule has 118 valence electrons. The first-order chi connectivity index (χ1) is 10.5. The average molecular weight is 303 g/mol. The molecule has 1 heterocycles. The number of amides is 1. The molecule has 1 aromatic carbocycles. The quantitative estimate of drug-likeness (QED) is 0.619. The van der Waals surface area contributed by atoms with Gasteiger partial charge in [0.05, 0.1) is 12.3 Å². The molecule has 0 saturated heterocycles. The van der Waals surface area contributed by atoms with E-state index in [0.717, 1.165) is 6.42 Å². The molecule has 0 saturated carbocycles. The van der Waals surface area contributed by atoms with Crippen molar-refractivity contribution in [1.82, 2.24) is 0 Å². The van der Waals surface area contributed by atoms with Crippen molar-refractivity contribution < 1.29 is 19.1 Å². The van der Waals surface area contributed by atoms with E-state index in [-0.39, 0.29) is 6.61 Å². The normalized spacial score (nSPS) is 17.6. The highest BCUT2D eigenvalue weighted by Gasteiger charge is 2.44. The summed E-state index contributed by atoms with van der Waals surface area (Å²) in [6.45, 7) is 6.41. The van der Waals surface area contributed by atoms with Gasteiger partial charge in [-0.15, -0.1) is 0 Å². The van der Waals surface area contributed by atoms with Crippen LogP contribution >= 0.6 is 0 Å². The molecular formula is C17H21NO4. The van der Waals surface area contributed by atoms with Gasteiger partial charge in [0.15, 0.2) is 11.7 Å². The summed E-state index contributed by atoms with van der Waals surface area (Å²) < 4.78 is 4.90. The number of rotatable bonds is 5. The number of benzene rings is 1. The molecule has 1 amide bonds. The lowest BCUT2D eigenvalue weighted by Crippen LogP contribution is -2.49. The number of Topliss-reactive ketones (excluding diaryl/α,β-unsaturated/α-hetero) is 1. The van der Waals surface area contributed by atoms with E-state index in [9.17, 15) is 14.4 Å². The maximum absolute atomic E-state index is 12.6. The molecule has 0 radical (unpaired) electrons. The average Bonchev–Trinajstić information content (AvgIpc) is 2.47. The second-order valence-electron chi connectivity index (χ2n) is 5.74. The molecule has 0 spiro atoms. The van der Waals surface area contributed by atoms with Crippen LogP contribution in [-0.4, -0.2) is 30.8 Å². The Kier molecular flexibility index (Phi) is 4.96. The van der Waals surface area contributed by atoms with Crippen LogP contribution in [0.15, 0.2) is 24.3 Å². The molecule has 5 nitrogen and oxygen atoms in total. The van der Waals surface area contributed by atoms with E-state index < -0.39 is 23.6 Å². The number of hydrogen-bond acceptors (Lipinski definition) is 4. The third-order valence-electron chi connectivity index (χ3n) is 3.69. The van der Waals surface area contributed by atoms with Gasteiger partial charge in [-0.3, -0.25) is 14.4 Å². The van der Waals surface area contributed by atoms with E-state index in [2.05, 4.69) is 13.8 Å². The number of nitrogens with zero attached hydrogens (tertiary/aromatic N) is 1. The fourth-order valence-electron chi connectivity index (χ4n) is 2.51. The summed E-state index contributed by atoms with van der Waals surface area (Å²) in [6, 6.07) is 6.91. The van der Waals surface area contributed by atoms with Crippen LogP contribution in [0, 0.1) is 11.8 Å². The zero-order chi connectivity index (χ0) is 16.3. The second-order valence-corrected chi connectivity index (χ2v) is 5.74. The number of hydrogen-bond donors (Lipinski definition) is 0. The Bertz CT molecular complexity index is 594. The summed E-state index contributed by atoms with van der Waals surface area (Å²) in [5, 5.41) is 0. The van der Waals surface area contributed by atoms with Gasteiger partial charge in [-0.1, -0.05) is 26.0 Å². The Morgan fingerprint density at radius 1 is 1.27 bits per heavy atom. The molecule has 0 bridgehead atoms. The van der Waals surface area contributed by atoms with Crippen molar-refractivity contribution in [3.05, 3.63) is 29.8 Å². The van der Waals surface area contributed by atoms with Crippen molar-refractivity contribution >= 4 is 23.3 Å². The van der Waals surface area contributed by atoms with Gasteiger partial charge in [0.2, 0.25) is 5.91 Å². The zero-order valence-corrected chi connectivity index (χ0v) is 13.2. The lowest BCUT2D eigenvalue weighted by Gasteiger charge is -2.32. The minimum Gasteiger partial charge on any atom is -0.465 e. The number of ketones is 1. The van der Waals surface area contributed by atoms with Gasteiger partial charge in [0, 0.05) is 12.1 Å². The lowest BCUT2D eigenvalue weighted by molar-refractivity contribution is -0.149. The Labute approximate surface area is 130 Å². The van der Waals surface area contributed by atoms with Crippen LogP contribution in [-0.2, 0) is 14.3 Å². The number of ether oxygens (including phenoxy) is 1. The van der Waals surface area contributed by atoms with Crippen LogP contribution in [0.25, 0.3) is 0 Å². The summed E-state index contributed by atoms with van der Waals surface area (Å²) in [6.07, 6.45) is 0.795. The first-order valence-electron chi connectivity index (χ1n) is 7.58. The van der Waals surface area contributed by atoms with Crippen molar-refractivity contribution in [2.45, 2.75) is 27.2 Å². The molecule has 22 heavy (non-hydrogen) atoms. The van der Waals surface area contributed by atoms with Crippen molar-refractivity contribution in [3.8, 4) is 0 Å². The first-order valence-corrected chi connectivity index (χ1v) is 7.58. The number of carbonyl (C=O) groups excluding carboxylic acids is 3. The third-order valence-corrected chi connectivity index (χ3v) is 3.69. The van der Waals surface area contributed by atoms with Crippen LogP contribution in [0.4, 0.5) is 5.69 Å². The monoisotopic (exact) mass is 303 g/mol. The van der Waals surface area contributed by atoms with Crippen LogP contribution in [0.1, 0.15) is 37.6 Å². The predicted octanol–water partition coefficient (Wildman–Crippen LogP) is 2.44. The number of para-hydroxylation sites is 1. The van der Waals surface area contributed by atoms with Gasteiger partial charge in [-0.25, -0.2) is 0 Å². The molecule has 2 rings (SSSR count). The van der Waals surface area contributed by atoms with Crippen molar-refractivity contribution in [3.63, 3.8) is 0 Å². The summed E-state index contributed by atoms with van der Waals surface area (Å²) in [7, 11) is 0. The number of carbonyl (C=O) groups is 3. The molecule has 1 unspecified atom stereocenters. The third kappa shape index (κ3) is 3.03. The highest BCUT2D eigenvalue weighted by molar-refractivity contribution is 6.30. The van der Waals surface area contributed by atoms with Gasteiger partial charge in [0.25, 0.3) is 0 Å². The second kappa shape index (κ2) is 6.73. The van der Waals surface area contributed by atoms with Gasteiger partial charge in [-0.2, -0.15) is 0 Å². The topological polar surface area (TPSA) is 63.7 Å². The minimum atomic E-state index is -1.37. The molecular weight excluding hydrogens is 282 g/mol. The zero-order valence-electron chi connectivity index (χ0n) is 13.2. The lowest BCUT2D eigenvalue weighted by atomic mass is 9.89. The summed E-state index contributed by atoms with van der Waals surface area (Å²) in [4.78, 5) is 38.7. The highest BCUT2D eigenvalue weighted by atomic mass is 16.5. The van der Waals surface area contributed by atoms with Crippen LogP contribution in [0.2, 0.25) is 0 Å². The Hall–Kier alpha value is -2.17.